The topological polar surface area (TPSA) is 122 Å². The van der Waals surface area contributed by atoms with Crippen LogP contribution in [0.1, 0.15) is 13.3 Å². The van der Waals surface area contributed by atoms with Crippen molar-refractivity contribution in [2.24, 2.45) is 11.7 Å². The molecular weight excluding hydrogens is 214 g/mol. The Morgan fingerprint density at radius 3 is 2.31 bits per heavy atom. The van der Waals surface area contributed by atoms with Gasteiger partial charge in [0.15, 0.2) is 0 Å². The minimum atomic E-state index is -1.27. The Bertz CT molecular complexity index is 280. The second-order valence-corrected chi connectivity index (χ2v) is 3.53. The fourth-order valence-corrected chi connectivity index (χ4v) is 1.11. The van der Waals surface area contributed by atoms with Crippen LogP contribution in [0.25, 0.3) is 0 Å². The molecule has 0 spiro atoms. The summed E-state index contributed by atoms with van der Waals surface area (Å²) in [6, 6.07) is -1.26. The van der Waals surface area contributed by atoms with E-state index in [-0.39, 0.29) is 5.92 Å². The predicted octanol–water partition coefficient (Wildman–Crippen LogP) is -1.71. The summed E-state index contributed by atoms with van der Waals surface area (Å²) in [6.07, 6.45) is -0.409. The van der Waals surface area contributed by atoms with Gasteiger partial charge in [-0.2, -0.15) is 0 Å². The van der Waals surface area contributed by atoms with Gasteiger partial charge in [-0.3, -0.25) is 9.59 Å². The number of nitrogens with one attached hydrogen (secondary N) is 2. The van der Waals surface area contributed by atoms with E-state index < -0.39 is 30.2 Å². The molecule has 0 fully saturated rings. The van der Waals surface area contributed by atoms with E-state index in [4.69, 9.17) is 10.8 Å². The van der Waals surface area contributed by atoms with Crippen LogP contribution in [0.5, 0.6) is 0 Å². The highest BCUT2D eigenvalue weighted by atomic mass is 16.4. The van der Waals surface area contributed by atoms with E-state index in [1.807, 2.05) is 0 Å². The standard InChI is InChI=1S/C9H17N3O4/c1-5(4-11-2)8(14)12-6(9(15)16)3-7(10)13/h5-6,11H,3-4H2,1-2H3,(H2,10,13)(H,12,14)(H,15,16)/t5?,6-/m0/s1. The van der Waals surface area contributed by atoms with E-state index in [0.29, 0.717) is 6.54 Å². The maximum absolute atomic E-state index is 11.5. The SMILES string of the molecule is CNCC(C)C(=O)N[C@@H](CC(N)=O)C(=O)O. The Balaban J connectivity index is 4.34. The van der Waals surface area contributed by atoms with Crippen LogP contribution < -0.4 is 16.4 Å². The third-order valence-electron chi connectivity index (χ3n) is 1.98. The molecule has 2 atom stereocenters. The molecule has 0 heterocycles. The van der Waals surface area contributed by atoms with Crippen molar-refractivity contribution >= 4 is 17.8 Å². The first-order valence-electron chi connectivity index (χ1n) is 4.84. The smallest absolute Gasteiger partial charge is 0.326 e. The lowest BCUT2D eigenvalue weighted by Gasteiger charge is -2.16. The summed E-state index contributed by atoms with van der Waals surface area (Å²) in [5.74, 6) is -2.85. The van der Waals surface area contributed by atoms with Crippen molar-refractivity contribution < 1.29 is 19.5 Å². The predicted molar refractivity (Wildman–Crippen MR) is 56.5 cm³/mol. The number of primary amides is 1. The number of nitrogens with two attached hydrogens (primary N) is 1. The van der Waals surface area contributed by atoms with Crippen LogP contribution in [0, 0.1) is 5.92 Å². The first-order valence-corrected chi connectivity index (χ1v) is 4.84. The highest BCUT2D eigenvalue weighted by molar-refractivity contribution is 5.88. The normalized spacial score (nSPS) is 13.9. The van der Waals surface area contributed by atoms with Gasteiger partial charge in [0.05, 0.1) is 6.42 Å². The number of hydrogen-bond acceptors (Lipinski definition) is 4. The van der Waals surface area contributed by atoms with Crippen molar-refractivity contribution in [1.82, 2.24) is 10.6 Å². The highest BCUT2D eigenvalue weighted by Crippen LogP contribution is 1.97. The van der Waals surface area contributed by atoms with Crippen molar-refractivity contribution in [2.45, 2.75) is 19.4 Å². The lowest BCUT2D eigenvalue weighted by Crippen LogP contribution is -2.46. The summed E-state index contributed by atoms with van der Waals surface area (Å²) in [5, 5.41) is 13.8. The van der Waals surface area contributed by atoms with Gasteiger partial charge < -0.3 is 21.5 Å². The van der Waals surface area contributed by atoms with E-state index in [1.54, 1.807) is 14.0 Å². The molecule has 0 saturated heterocycles. The zero-order valence-electron chi connectivity index (χ0n) is 9.32. The lowest BCUT2D eigenvalue weighted by atomic mass is 10.1. The molecule has 0 bridgehead atoms. The van der Waals surface area contributed by atoms with Crippen LogP contribution in [-0.2, 0) is 14.4 Å². The second kappa shape index (κ2) is 6.78. The van der Waals surface area contributed by atoms with Gasteiger partial charge in [0.25, 0.3) is 0 Å². The minimum absolute atomic E-state index is 0.375. The van der Waals surface area contributed by atoms with E-state index in [0.717, 1.165) is 0 Å². The van der Waals surface area contributed by atoms with Gasteiger partial charge in [-0.1, -0.05) is 6.92 Å². The van der Waals surface area contributed by atoms with E-state index in [9.17, 15) is 14.4 Å². The van der Waals surface area contributed by atoms with Crippen molar-refractivity contribution in [3.05, 3.63) is 0 Å². The van der Waals surface area contributed by atoms with Gasteiger partial charge in [0, 0.05) is 12.5 Å². The Morgan fingerprint density at radius 1 is 1.38 bits per heavy atom. The molecule has 0 radical (unpaired) electrons. The molecule has 0 aromatic carbocycles. The van der Waals surface area contributed by atoms with Crippen LogP contribution in [0.2, 0.25) is 0 Å². The molecule has 0 rings (SSSR count). The molecule has 16 heavy (non-hydrogen) atoms. The largest absolute Gasteiger partial charge is 0.480 e. The number of carbonyl (C=O) groups excluding carboxylic acids is 2. The van der Waals surface area contributed by atoms with Crippen LogP contribution in [0.4, 0.5) is 0 Å². The van der Waals surface area contributed by atoms with Gasteiger partial charge in [-0.05, 0) is 7.05 Å². The summed E-state index contributed by atoms with van der Waals surface area (Å²) in [4.78, 5) is 32.8. The van der Waals surface area contributed by atoms with Crippen molar-refractivity contribution in [3.8, 4) is 0 Å². The first kappa shape index (κ1) is 14.4. The van der Waals surface area contributed by atoms with Gasteiger partial charge in [0.2, 0.25) is 11.8 Å². The van der Waals surface area contributed by atoms with Gasteiger partial charge in [0.1, 0.15) is 6.04 Å². The number of rotatable bonds is 7. The molecular formula is C9H17N3O4. The monoisotopic (exact) mass is 231 g/mol. The fourth-order valence-electron chi connectivity index (χ4n) is 1.11. The number of carboxylic acid groups (broad SMARTS) is 1. The fraction of sp³-hybridized carbons (Fsp3) is 0.667. The van der Waals surface area contributed by atoms with Crippen molar-refractivity contribution in [1.29, 1.82) is 0 Å². The molecule has 0 aliphatic rings. The third kappa shape index (κ3) is 5.30. The van der Waals surface area contributed by atoms with Gasteiger partial charge >= 0.3 is 5.97 Å². The van der Waals surface area contributed by atoms with Crippen LogP contribution in [-0.4, -0.2) is 42.5 Å². The second-order valence-electron chi connectivity index (χ2n) is 3.53. The van der Waals surface area contributed by atoms with Crippen LogP contribution in [0.15, 0.2) is 0 Å². The summed E-state index contributed by atoms with van der Waals surface area (Å²) in [7, 11) is 1.68. The molecule has 0 aliphatic carbocycles. The zero-order chi connectivity index (χ0) is 12.7. The number of aliphatic carboxylic acids is 1. The molecule has 5 N–H and O–H groups in total. The van der Waals surface area contributed by atoms with Crippen LogP contribution >= 0.6 is 0 Å². The number of carbonyl (C=O) groups is 3. The summed E-state index contributed by atoms with van der Waals surface area (Å²) < 4.78 is 0. The Hall–Kier alpha value is -1.63. The third-order valence-corrected chi connectivity index (χ3v) is 1.98. The maximum Gasteiger partial charge on any atom is 0.326 e. The average Bonchev–Trinajstić information content (AvgIpc) is 2.16. The zero-order valence-corrected chi connectivity index (χ0v) is 9.32. The van der Waals surface area contributed by atoms with Crippen LogP contribution in [0.3, 0.4) is 0 Å². The Labute approximate surface area is 93.4 Å². The molecule has 0 saturated carbocycles. The van der Waals surface area contributed by atoms with Crippen molar-refractivity contribution in [2.75, 3.05) is 13.6 Å². The Kier molecular flexibility index (Phi) is 6.09. The quantitative estimate of drug-likeness (QED) is 0.415. The van der Waals surface area contributed by atoms with E-state index >= 15 is 0 Å². The molecule has 92 valence electrons. The molecule has 0 aliphatic heterocycles. The van der Waals surface area contributed by atoms with E-state index in [2.05, 4.69) is 10.6 Å². The molecule has 1 unspecified atom stereocenters. The summed E-state index contributed by atoms with van der Waals surface area (Å²) in [5.41, 5.74) is 4.88. The highest BCUT2D eigenvalue weighted by Gasteiger charge is 2.24. The number of hydrogen-bond donors (Lipinski definition) is 4. The number of carboxylic acids is 1. The van der Waals surface area contributed by atoms with E-state index in [1.165, 1.54) is 0 Å². The lowest BCUT2D eigenvalue weighted by molar-refractivity contribution is -0.143. The van der Waals surface area contributed by atoms with Gasteiger partial charge in [-0.25, -0.2) is 4.79 Å². The summed E-state index contributed by atoms with van der Waals surface area (Å²) in [6.45, 7) is 2.07. The summed E-state index contributed by atoms with van der Waals surface area (Å²) >= 11 is 0. The average molecular weight is 231 g/mol. The maximum atomic E-state index is 11.5. The molecule has 7 heteroatoms. The molecule has 0 aromatic rings. The Morgan fingerprint density at radius 2 is 1.94 bits per heavy atom. The van der Waals surface area contributed by atoms with Gasteiger partial charge in [-0.15, -0.1) is 0 Å². The molecule has 0 aromatic heterocycles. The van der Waals surface area contributed by atoms with Crippen molar-refractivity contribution in [3.63, 3.8) is 0 Å². The molecule has 7 nitrogen and oxygen atoms in total. The number of amides is 2. The minimum Gasteiger partial charge on any atom is -0.480 e. The first-order chi connectivity index (χ1) is 7.38. The molecule has 2 amide bonds.